The van der Waals surface area contributed by atoms with Gasteiger partial charge in [0.05, 0.1) is 15.9 Å². The molecule has 0 N–H and O–H groups in total. The minimum atomic E-state index is -2.77. The maximum Gasteiger partial charge on any atom is 0.213 e. The molecule has 1 aromatic heterocycles. The van der Waals surface area contributed by atoms with Gasteiger partial charge in [0, 0.05) is 23.3 Å². The zero-order valence-electron chi connectivity index (χ0n) is 16.4. The molecule has 2 aromatic carbocycles. The average Bonchev–Trinajstić information content (AvgIpc) is 3.06. The van der Waals surface area contributed by atoms with E-state index in [2.05, 4.69) is 4.98 Å². The second-order valence-electron chi connectivity index (χ2n) is 5.05. The number of thiazole rings is 1. The van der Waals surface area contributed by atoms with E-state index in [0.717, 1.165) is 10.2 Å². The molecule has 0 radical (unpaired) electrons. The van der Waals surface area contributed by atoms with Gasteiger partial charge in [-0.3, -0.25) is 4.79 Å². The molecule has 0 fully saturated rings. The van der Waals surface area contributed by atoms with Crippen molar-refractivity contribution in [3.63, 3.8) is 0 Å². The third-order valence-corrected chi connectivity index (χ3v) is 4.50. The number of hydrogen-bond acceptors (Lipinski definition) is 5. The molecule has 3 aromatic rings. The molecule has 1 amide bonds. The maximum absolute atomic E-state index is 14.5. The Labute approximate surface area is 152 Å². The molecule has 25 heavy (non-hydrogen) atoms. The van der Waals surface area contributed by atoms with Crippen molar-refractivity contribution in [3.8, 4) is 16.3 Å². The molecule has 0 spiro atoms. The van der Waals surface area contributed by atoms with Gasteiger partial charge in [0.2, 0.25) is 6.41 Å². The van der Waals surface area contributed by atoms with Crippen molar-refractivity contribution in [2.24, 2.45) is 0 Å². The van der Waals surface area contributed by atoms with E-state index in [0.29, 0.717) is 27.8 Å². The van der Waals surface area contributed by atoms with Gasteiger partial charge in [0.25, 0.3) is 0 Å². The average molecular weight is 363 g/mol. The fraction of sp³-hybridized carbons (Fsp3) is 0.222. The molecule has 0 saturated heterocycles. The Morgan fingerprint density at radius 2 is 2.24 bits per heavy atom. The number of amides is 1. The molecular formula is C18H17FN2O3S. The number of fused-ring (bicyclic) bond motifs is 1. The Hall–Kier alpha value is -2.51. The summed E-state index contributed by atoms with van der Waals surface area (Å²) in [5, 5.41) is 0.564. The van der Waals surface area contributed by atoms with Crippen molar-refractivity contribution in [1.82, 2.24) is 4.98 Å². The van der Waals surface area contributed by atoms with Gasteiger partial charge in [-0.1, -0.05) is 0 Å². The normalized spacial score (nSPS) is 13.1. The van der Waals surface area contributed by atoms with Gasteiger partial charge >= 0.3 is 0 Å². The van der Waals surface area contributed by atoms with E-state index in [9.17, 15) is 9.18 Å². The Kier molecular flexibility index (Phi) is 4.17. The highest BCUT2D eigenvalue weighted by atomic mass is 32.1. The highest BCUT2D eigenvalue weighted by Crippen LogP contribution is 2.34. The molecule has 0 bridgehead atoms. The number of nitrogens with zero attached hydrogens (tertiary/aromatic N) is 2. The molecule has 0 aliphatic rings. The van der Waals surface area contributed by atoms with Crippen LogP contribution in [0.4, 0.5) is 10.1 Å². The molecule has 1 heterocycles. The topological polar surface area (TPSA) is 51.7 Å². The number of aromatic nitrogens is 1. The first-order valence-corrected chi connectivity index (χ1v) is 8.31. The van der Waals surface area contributed by atoms with Gasteiger partial charge in [-0.15, -0.1) is 11.3 Å². The number of rotatable bonds is 7. The number of halogens is 1. The monoisotopic (exact) mass is 363 g/mol. The maximum atomic E-state index is 14.5. The van der Waals surface area contributed by atoms with Crippen LogP contribution < -0.4 is 9.64 Å². The number of ether oxygens (including phenoxy) is 2. The first-order valence-electron chi connectivity index (χ1n) is 8.99. The number of hydrogen-bond donors (Lipinski definition) is 0. The van der Waals surface area contributed by atoms with Crippen molar-refractivity contribution in [3.05, 3.63) is 42.2 Å². The van der Waals surface area contributed by atoms with Crippen molar-refractivity contribution in [2.45, 2.75) is 6.92 Å². The van der Waals surface area contributed by atoms with Gasteiger partial charge < -0.3 is 14.4 Å². The van der Waals surface area contributed by atoms with E-state index in [-0.39, 0.29) is 18.9 Å². The molecule has 0 saturated carbocycles. The summed E-state index contributed by atoms with van der Waals surface area (Å²) in [5.41, 5.74) is 0.896. The summed E-state index contributed by atoms with van der Waals surface area (Å²) in [6.45, 7) is -0.189. The van der Waals surface area contributed by atoms with E-state index < -0.39 is 12.8 Å². The first-order chi connectivity index (χ1) is 13.3. The second-order valence-corrected chi connectivity index (χ2v) is 6.08. The smallest absolute Gasteiger partial charge is 0.213 e. The van der Waals surface area contributed by atoms with Crippen LogP contribution in [0.3, 0.4) is 0 Å². The minimum Gasteiger partial charge on any atom is -0.468 e. The van der Waals surface area contributed by atoms with Crippen molar-refractivity contribution in [1.29, 1.82) is 0 Å². The minimum absolute atomic E-state index is 0.0898. The molecule has 3 rings (SSSR count). The molecular weight excluding hydrogens is 343 g/mol. The van der Waals surface area contributed by atoms with Crippen molar-refractivity contribution >= 4 is 33.7 Å². The zero-order chi connectivity index (χ0) is 20.3. The quantitative estimate of drug-likeness (QED) is 0.361. The van der Waals surface area contributed by atoms with Crippen molar-refractivity contribution < 1.29 is 22.8 Å². The Bertz CT molecular complexity index is 994. The van der Waals surface area contributed by atoms with E-state index in [4.69, 9.17) is 13.6 Å². The van der Waals surface area contributed by atoms with Crippen LogP contribution in [0.25, 0.3) is 20.8 Å². The summed E-state index contributed by atoms with van der Waals surface area (Å²) in [4.78, 5) is 15.9. The Morgan fingerprint density at radius 3 is 2.96 bits per heavy atom. The fourth-order valence-corrected chi connectivity index (χ4v) is 3.19. The Balaban J connectivity index is 1.90. The van der Waals surface area contributed by atoms with Crippen LogP contribution in [0.1, 0.15) is 11.0 Å². The van der Waals surface area contributed by atoms with Crippen molar-refractivity contribution in [2.75, 3.05) is 25.3 Å². The molecule has 0 aliphatic heterocycles. The summed E-state index contributed by atoms with van der Waals surface area (Å²) < 4.78 is 48.0. The third-order valence-electron chi connectivity index (χ3n) is 3.43. The number of benzene rings is 2. The van der Waals surface area contributed by atoms with E-state index in [1.165, 1.54) is 29.5 Å². The van der Waals surface area contributed by atoms with E-state index in [1.807, 2.05) is 13.0 Å². The van der Waals surface area contributed by atoms with Gasteiger partial charge in [0.1, 0.15) is 16.6 Å². The zero-order valence-corrected chi connectivity index (χ0v) is 14.2. The second kappa shape index (κ2) is 7.58. The summed E-state index contributed by atoms with van der Waals surface area (Å²) in [6.07, 6.45) is 0.0898. The molecule has 130 valence electrons. The number of carbonyl (C=O) groups excluding carboxylic acids is 1. The summed E-state index contributed by atoms with van der Waals surface area (Å²) >= 11 is 1.35. The molecule has 0 atom stereocenters. The molecule has 5 nitrogen and oxygen atoms in total. The predicted octanol–water partition coefficient (Wildman–Crippen LogP) is 4.07. The lowest BCUT2D eigenvalue weighted by atomic mass is 10.2. The van der Waals surface area contributed by atoms with Crippen LogP contribution in [0.15, 0.2) is 36.4 Å². The predicted molar refractivity (Wildman–Crippen MR) is 96.6 cm³/mol. The lowest BCUT2D eigenvalue weighted by molar-refractivity contribution is -0.107. The highest BCUT2D eigenvalue weighted by Gasteiger charge is 2.12. The third kappa shape index (κ3) is 3.78. The van der Waals surface area contributed by atoms with Crippen LogP contribution in [0.5, 0.6) is 5.75 Å². The summed E-state index contributed by atoms with van der Waals surface area (Å²) in [7, 11) is 0. The van der Waals surface area contributed by atoms with Crippen LogP contribution in [-0.4, -0.2) is 31.8 Å². The highest BCUT2D eigenvalue weighted by molar-refractivity contribution is 7.21. The van der Waals surface area contributed by atoms with Gasteiger partial charge in [-0.2, -0.15) is 0 Å². The van der Waals surface area contributed by atoms with Crippen LogP contribution in [0, 0.1) is 5.82 Å². The SMILES string of the molecule is [2H]C([2H])([2H])N(C=O)c1ccc(-c2nc3ccc(OCOCC)cc3s2)cc1F. The molecule has 0 aliphatic carbocycles. The van der Waals surface area contributed by atoms with Gasteiger partial charge in [-0.25, -0.2) is 9.37 Å². The standard InChI is InChI=1S/C18H17FN2O3S/c1-3-23-11-24-13-5-6-15-17(9-13)25-18(20-15)12-4-7-16(14(19)8-12)21(2)10-22/h4-10H,3,11H2,1-2H3/i2D3. The lowest BCUT2D eigenvalue weighted by Gasteiger charge is -2.11. The largest absolute Gasteiger partial charge is 0.468 e. The lowest BCUT2D eigenvalue weighted by Crippen LogP contribution is -2.15. The number of anilines is 1. The molecule has 7 heteroatoms. The first kappa shape index (κ1) is 13.7. The van der Waals surface area contributed by atoms with Gasteiger partial charge in [0.15, 0.2) is 6.79 Å². The molecule has 0 unspecified atom stereocenters. The van der Waals surface area contributed by atoms with Crippen LogP contribution in [-0.2, 0) is 9.53 Å². The fourth-order valence-electron chi connectivity index (χ4n) is 2.20. The summed E-state index contributed by atoms with van der Waals surface area (Å²) in [6, 6.07) is 9.35. The van der Waals surface area contributed by atoms with E-state index in [1.54, 1.807) is 12.1 Å². The van der Waals surface area contributed by atoms with E-state index >= 15 is 0 Å². The number of carbonyl (C=O) groups is 1. The Morgan fingerprint density at radius 1 is 1.36 bits per heavy atom. The van der Waals surface area contributed by atoms with Gasteiger partial charge in [-0.05, 0) is 43.3 Å². The van der Waals surface area contributed by atoms with Crippen LogP contribution >= 0.6 is 11.3 Å². The summed E-state index contributed by atoms with van der Waals surface area (Å²) in [5.74, 6) is -0.183. The van der Waals surface area contributed by atoms with Crippen LogP contribution in [0.2, 0.25) is 0 Å².